The van der Waals surface area contributed by atoms with E-state index in [1.165, 1.54) is 0 Å². The van der Waals surface area contributed by atoms with Crippen molar-refractivity contribution in [3.8, 4) is 0 Å². The molecule has 4 heteroatoms. The van der Waals surface area contributed by atoms with Gasteiger partial charge in [-0.1, -0.05) is 0 Å². The first kappa shape index (κ1) is 7.49. The highest BCUT2D eigenvalue weighted by molar-refractivity contribution is 5.31. The van der Waals surface area contributed by atoms with Crippen molar-refractivity contribution in [1.82, 2.24) is 15.3 Å². The van der Waals surface area contributed by atoms with Crippen molar-refractivity contribution in [3.05, 3.63) is 17.6 Å². The summed E-state index contributed by atoms with van der Waals surface area (Å²) in [4.78, 5) is 8.32. The van der Waals surface area contributed by atoms with Crippen LogP contribution in [0.4, 0.5) is 5.82 Å². The molecule has 0 amide bonds. The molecule has 1 aromatic rings. The average Bonchev–Trinajstić information content (AvgIpc) is 1.79. The first-order chi connectivity index (χ1) is 5.75. The summed E-state index contributed by atoms with van der Waals surface area (Å²) in [6, 6.07) is 2.23. The molecule has 1 atom stereocenters. The molecule has 0 saturated carbocycles. The number of anilines is 1. The van der Waals surface area contributed by atoms with Crippen molar-refractivity contribution >= 4 is 5.82 Å². The lowest BCUT2D eigenvalue weighted by molar-refractivity contribution is 0.374. The summed E-state index contributed by atoms with van der Waals surface area (Å²) in [6.45, 7) is 2.94. The first-order valence-electron chi connectivity index (χ1n) is 4.10. The fourth-order valence-electron chi connectivity index (χ4n) is 1.33. The number of hydrogen-bond acceptors (Lipinski definition) is 4. The van der Waals surface area contributed by atoms with E-state index in [1.54, 1.807) is 0 Å². The molecule has 64 valence electrons. The summed E-state index contributed by atoms with van der Waals surface area (Å²) < 4.78 is 0. The number of rotatable bonds is 1. The molecule has 1 unspecified atom stereocenters. The summed E-state index contributed by atoms with van der Waals surface area (Å²) in [6.07, 6.45) is 1.15. The third-order valence-corrected chi connectivity index (χ3v) is 2.06. The smallest absolute Gasteiger partial charge is 0.127 e. The molecule has 2 rings (SSSR count). The summed E-state index contributed by atoms with van der Waals surface area (Å²) in [5.74, 6) is 1.31. The highest BCUT2D eigenvalue weighted by atomic mass is 15.0. The van der Waals surface area contributed by atoms with E-state index in [2.05, 4.69) is 15.3 Å². The van der Waals surface area contributed by atoms with E-state index in [0.717, 1.165) is 24.5 Å². The Morgan fingerprint density at radius 2 is 2.33 bits per heavy atom. The van der Waals surface area contributed by atoms with Crippen LogP contribution in [0, 0.1) is 6.92 Å². The topological polar surface area (TPSA) is 63.8 Å². The summed E-state index contributed by atoms with van der Waals surface area (Å²) >= 11 is 0. The van der Waals surface area contributed by atoms with Gasteiger partial charge >= 0.3 is 0 Å². The standard InChI is InChI=1S/C8H12N4/c1-5-11-7(4-8(9)12-5)6-2-3-10-6/h4,6,10H,2-3H2,1H3,(H2,9,11,12). The Balaban J connectivity index is 2.30. The number of aryl methyl sites for hydroxylation is 1. The van der Waals surface area contributed by atoms with Crippen LogP contribution in [-0.4, -0.2) is 16.5 Å². The zero-order chi connectivity index (χ0) is 8.55. The van der Waals surface area contributed by atoms with Crippen molar-refractivity contribution in [2.24, 2.45) is 0 Å². The minimum Gasteiger partial charge on any atom is -0.384 e. The van der Waals surface area contributed by atoms with Gasteiger partial charge in [-0.25, -0.2) is 9.97 Å². The lowest BCUT2D eigenvalue weighted by Gasteiger charge is -2.27. The van der Waals surface area contributed by atoms with E-state index in [4.69, 9.17) is 5.73 Å². The Bertz CT molecular complexity index is 273. The lowest BCUT2D eigenvalue weighted by Crippen LogP contribution is -2.35. The molecule has 1 aromatic heterocycles. The van der Waals surface area contributed by atoms with Gasteiger partial charge in [0.2, 0.25) is 0 Å². The molecule has 2 heterocycles. The zero-order valence-electron chi connectivity index (χ0n) is 7.04. The molecule has 0 spiro atoms. The monoisotopic (exact) mass is 164 g/mol. The zero-order valence-corrected chi connectivity index (χ0v) is 7.04. The van der Waals surface area contributed by atoms with Gasteiger partial charge in [0, 0.05) is 6.07 Å². The molecule has 1 saturated heterocycles. The SMILES string of the molecule is Cc1nc(N)cc(C2CCN2)n1. The van der Waals surface area contributed by atoms with Crippen LogP contribution in [0.2, 0.25) is 0 Å². The van der Waals surface area contributed by atoms with Crippen molar-refractivity contribution in [1.29, 1.82) is 0 Å². The predicted octanol–water partition coefficient (Wildman–Crippen LogP) is 0.402. The van der Waals surface area contributed by atoms with Crippen molar-refractivity contribution in [2.45, 2.75) is 19.4 Å². The van der Waals surface area contributed by atoms with Crippen LogP contribution < -0.4 is 11.1 Å². The molecule has 4 nitrogen and oxygen atoms in total. The predicted molar refractivity (Wildman–Crippen MR) is 46.5 cm³/mol. The first-order valence-corrected chi connectivity index (χ1v) is 4.10. The molecule has 0 radical (unpaired) electrons. The maximum absolute atomic E-state index is 5.60. The van der Waals surface area contributed by atoms with Gasteiger partial charge in [-0.15, -0.1) is 0 Å². The van der Waals surface area contributed by atoms with Crippen LogP contribution in [0.15, 0.2) is 6.07 Å². The summed E-state index contributed by atoms with van der Waals surface area (Å²) in [7, 11) is 0. The van der Waals surface area contributed by atoms with E-state index in [0.29, 0.717) is 11.9 Å². The number of nitrogen functional groups attached to an aromatic ring is 1. The maximum atomic E-state index is 5.60. The van der Waals surface area contributed by atoms with Gasteiger partial charge < -0.3 is 11.1 Å². The summed E-state index contributed by atoms with van der Waals surface area (Å²) in [5, 5.41) is 3.27. The van der Waals surface area contributed by atoms with Crippen LogP contribution >= 0.6 is 0 Å². The minimum absolute atomic E-state index is 0.397. The Labute approximate surface area is 71.2 Å². The number of nitrogens with zero attached hydrogens (tertiary/aromatic N) is 2. The molecule has 1 fully saturated rings. The van der Waals surface area contributed by atoms with Gasteiger partial charge in [0.05, 0.1) is 11.7 Å². The van der Waals surface area contributed by atoms with E-state index in [9.17, 15) is 0 Å². The van der Waals surface area contributed by atoms with Crippen molar-refractivity contribution in [2.75, 3.05) is 12.3 Å². The lowest BCUT2D eigenvalue weighted by atomic mass is 10.0. The Morgan fingerprint density at radius 3 is 2.83 bits per heavy atom. The fourth-order valence-corrected chi connectivity index (χ4v) is 1.33. The van der Waals surface area contributed by atoms with E-state index in [1.807, 2.05) is 13.0 Å². The largest absolute Gasteiger partial charge is 0.384 e. The fraction of sp³-hybridized carbons (Fsp3) is 0.500. The Kier molecular flexibility index (Phi) is 1.69. The van der Waals surface area contributed by atoms with Gasteiger partial charge in [0.15, 0.2) is 0 Å². The van der Waals surface area contributed by atoms with Gasteiger partial charge in [0.1, 0.15) is 11.6 Å². The molecule has 1 aliphatic heterocycles. The summed E-state index contributed by atoms with van der Waals surface area (Å²) in [5.41, 5.74) is 6.62. The molecular weight excluding hydrogens is 152 g/mol. The van der Waals surface area contributed by atoms with Crippen molar-refractivity contribution < 1.29 is 0 Å². The Morgan fingerprint density at radius 1 is 1.58 bits per heavy atom. The molecule has 0 aromatic carbocycles. The van der Waals surface area contributed by atoms with Crippen LogP contribution in [0.3, 0.4) is 0 Å². The molecule has 0 bridgehead atoms. The van der Waals surface area contributed by atoms with Gasteiger partial charge in [-0.2, -0.15) is 0 Å². The van der Waals surface area contributed by atoms with E-state index in [-0.39, 0.29) is 0 Å². The third-order valence-electron chi connectivity index (χ3n) is 2.06. The van der Waals surface area contributed by atoms with Crippen LogP contribution in [-0.2, 0) is 0 Å². The van der Waals surface area contributed by atoms with E-state index < -0.39 is 0 Å². The van der Waals surface area contributed by atoms with Gasteiger partial charge in [-0.05, 0) is 19.9 Å². The minimum atomic E-state index is 0.397. The molecule has 1 aliphatic rings. The van der Waals surface area contributed by atoms with Gasteiger partial charge in [-0.3, -0.25) is 0 Å². The van der Waals surface area contributed by atoms with Crippen LogP contribution in [0.1, 0.15) is 24.0 Å². The van der Waals surface area contributed by atoms with Crippen molar-refractivity contribution in [3.63, 3.8) is 0 Å². The van der Waals surface area contributed by atoms with Gasteiger partial charge in [0.25, 0.3) is 0 Å². The molecular formula is C8H12N4. The third kappa shape index (κ3) is 1.25. The highest BCUT2D eigenvalue weighted by Crippen LogP contribution is 2.21. The molecule has 3 N–H and O–H groups in total. The average molecular weight is 164 g/mol. The second-order valence-electron chi connectivity index (χ2n) is 3.06. The molecule has 0 aliphatic carbocycles. The normalized spacial score (nSPS) is 21.9. The van der Waals surface area contributed by atoms with Crippen LogP contribution in [0.5, 0.6) is 0 Å². The number of nitrogens with one attached hydrogen (secondary N) is 1. The van der Waals surface area contributed by atoms with Crippen LogP contribution in [0.25, 0.3) is 0 Å². The number of hydrogen-bond donors (Lipinski definition) is 2. The second-order valence-corrected chi connectivity index (χ2v) is 3.06. The second kappa shape index (κ2) is 2.71. The van der Waals surface area contributed by atoms with E-state index >= 15 is 0 Å². The number of nitrogens with two attached hydrogens (primary N) is 1. The quantitative estimate of drug-likeness (QED) is 0.630. The Hall–Kier alpha value is -1.16. The maximum Gasteiger partial charge on any atom is 0.127 e. The highest BCUT2D eigenvalue weighted by Gasteiger charge is 2.20. The number of aromatic nitrogens is 2. The molecule has 12 heavy (non-hydrogen) atoms.